The molecule has 0 saturated carbocycles. The van der Waals surface area contributed by atoms with Gasteiger partial charge in [-0.1, -0.05) is 24.2 Å². The summed E-state index contributed by atoms with van der Waals surface area (Å²) in [5.41, 5.74) is 1.97. The fraction of sp³-hybridized carbons (Fsp3) is 0.500. The maximum atomic E-state index is 12.9. The molecule has 0 atom stereocenters. The van der Waals surface area contributed by atoms with E-state index >= 15 is 0 Å². The number of ether oxygens (including phenoxy) is 2. The summed E-state index contributed by atoms with van der Waals surface area (Å²) in [5, 5.41) is 14.0. The molecule has 0 unspecified atom stereocenters. The summed E-state index contributed by atoms with van der Waals surface area (Å²) in [6, 6.07) is -0.190. The minimum absolute atomic E-state index is 0.190. The fourth-order valence-electron chi connectivity index (χ4n) is 3.27. The predicted molar refractivity (Wildman–Crippen MR) is 120 cm³/mol. The highest BCUT2D eigenvalue weighted by Gasteiger charge is 2.20. The van der Waals surface area contributed by atoms with Gasteiger partial charge >= 0.3 is 6.03 Å². The lowest BCUT2D eigenvalue weighted by molar-refractivity contribution is 0.103. The van der Waals surface area contributed by atoms with Gasteiger partial charge in [0.05, 0.1) is 18.4 Å². The van der Waals surface area contributed by atoms with Gasteiger partial charge in [-0.05, 0) is 12.8 Å². The number of nitrogens with zero attached hydrogens (tertiary/aromatic N) is 3. The number of nitrogens with one attached hydrogen (secondary N) is 3. The third kappa shape index (κ3) is 5.25. The van der Waals surface area contributed by atoms with Crippen LogP contribution in [0.1, 0.15) is 31.2 Å². The number of allylic oxidation sites excluding steroid dienone is 1. The Morgan fingerprint density at radius 1 is 1.30 bits per heavy atom. The number of anilines is 1. The summed E-state index contributed by atoms with van der Waals surface area (Å²) in [6.07, 6.45) is 8.90. The first-order valence-electron chi connectivity index (χ1n) is 10.0. The summed E-state index contributed by atoms with van der Waals surface area (Å²) in [6.45, 7) is 2.53. The molecule has 0 spiro atoms. The molecule has 1 aliphatic rings. The molecule has 2 aromatic rings. The van der Waals surface area contributed by atoms with E-state index in [4.69, 9.17) is 14.9 Å². The van der Waals surface area contributed by atoms with Gasteiger partial charge in [-0.2, -0.15) is 0 Å². The number of fused-ring (bicyclic) bond motifs is 1. The molecular weight excluding hydrogens is 404 g/mol. The first-order chi connectivity index (χ1) is 14.7. The van der Waals surface area contributed by atoms with Gasteiger partial charge in [-0.3, -0.25) is 5.32 Å². The van der Waals surface area contributed by atoms with Gasteiger partial charge in [0.2, 0.25) is 5.88 Å². The van der Waals surface area contributed by atoms with Gasteiger partial charge in [0, 0.05) is 56.5 Å². The van der Waals surface area contributed by atoms with Crippen molar-refractivity contribution in [1.82, 2.24) is 20.2 Å². The Balaban J connectivity index is 1.85. The third-order valence-corrected chi connectivity index (χ3v) is 5.82. The highest BCUT2D eigenvalue weighted by atomic mass is 32.1. The Morgan fingerprint density at radius 3 is 2.90 bits per heavy atom. The highest BCUT2D eigenvalue weighted by molar-refractivity contribution is 7.22. The fourth-order valence-corrected chi connectivity index (χ4v) is 4.25. The van der Waals surface area contributed by atoms with Crippen LogP contribution in [0.2, 0.25) is 0 Å². The van der Waals surface area contributed by atoms with E-state index in [1.54, 1.807) is 24.3 Å². The van der Waals surface area contributed by atoms with Gasteiger partial charge in [0.15, 0.2) is 5.13 Å². The van der Waals surface area contributed by atoms with Crippen LogP contribution in [0.15, 0.2) is 12.4 Å². The number of hydrogen-bond acceptors (Lipinski definition) is 8. The van der Waals surface area contributed by atoms with Crippen LogP contribution in [-0.2, 0) is 4.74 Å². The smallest absolute Gasteiger partial charge is 0.323 e. The normalized spacial score (nSPS) is 16.2. The number of rotatable bonds is 5. The van der Waals surface area contributed by atoms with E-state index in [-0.39, 0.29) is 6.03 Å². The summed E-state index contributed by atoms with van der Waals surface area (Å²) in [4.78, 5) is 23.5. The van der Waals surface area contributed by atoms with Crippen LogP contribution in [-0.4, -0.2) is 67.6 Å². The maximum Gasteiger partial charge on any atom is 0.323 e. The van der Waals surface area contributed by atoms with Crippen LogP contribution in [0.25, 0.3) is 15.8 Å². The van der Waals surface area contributed by atoms with Crippen molar-refractivity contribution in [1.29, 1.82) is 5.41 Å². The molecule has 0 aromatic carbocycles. The van der Waals surface area contributed by atoms with Crippen molar-refractivity contribution in [3.8, 4) is 5.88 Å². The quantitative estimate of drug-likeness (QED) is 0.625. The van der Waals surface area contributed by atoms with Crippen molar-refractivity contribution in [3.05, 3.63) is 18.0 Å². The molecule has 10 heteroatoms. The molecule has 0 bridgehead atoms. The van der Waals surface area contributed by atoms with Crippen LogP contribution in [0.5, 0.6) is 5.88 Å². The number of carbonyl (C=O) groups is 1. The number of hydrogen-bond donors (Lipinski definition) is 3. The molecule has 0 aliphatic carbocycles. The minimum Gasteiger partial charge on any atom is -0.479 e. The van der Waals surface area contributed by atoms with Gasteiger partial charge in [0.25, 0.3) is 0 Å². The zero-order chi connectivity index (χ0) is 21.3. The minimum atomic E-state index is -0.190. The van der Waals surface area contributed by atoms with Crippen molar-refractivity contribution >= 4 is 44.5 Å². The van der Waals surface area contributed by atoms with E-state index in [1.807, 2.05) is 0 Å². The average molecular weight is 433 g/mol. The van der Waals surface area contributed by atoms with E-state index in [2.05, 4.69) is 20.6 Å². The summed E-state index contributed by atoms with van der Waals surface area (Å²) in [7, 11) is 3.30. The molecule has 2 aromatic heterocycles. The van der Waals surface area contributed by atoms with E-state index in [1.165, 1.54) is 24.7 Å². The number of methoxy groups -OCH3 is 1. The number of urea groups is 1. The second kappa shape index (κ2) is 10.9. The van der Waals surface area contributed by atoms with E-state index < -0.39 is 0 Å². The van der Waals surface area contributed by atoms with Crippen LogP contribution < -0.4 is 15.4 Å². The summed E-state index contributed by atoms with van der Waals surface area (Å²) in [5.74, 6) is 0.381. The zero-order valence-corrected chi connectivity index (χ0v) is 18.2. The van der Waals surface area contributed by atoms with E-state index in [0.29, 0.717) is 41.8 Å². The Bertz CT molecular complexity index is 903. The van der Waals surface area contributed by atoms with Gasteiger partial charge < -0.3 is 25.1 Å². The number of amides is 2. The molecule has 9 nitrogen and oxygen atoms in total. The van der Waals surface area contributed by atoms with Crippen molar-refractivity contribution < 1.29 is 14.3 Å². The van der Waals surface area contributed by atoms with Crippen LogP contribution in [0, 0.1) is 5.41 Å². The van der Waals surface area contributed by atoms with Crippen LogP contribution in [0.3, 0.4) is 0 Å². The molecule has 3 N–H and O–H groups in total. The third-order valence-electron chi connectivity index (χ3n) is 4.82. The number of thiazole rings is 1. The molecule has 1 saturated heterocycles. The number of aromatic nitrogens is 2. The number of carbonyl (C=O) groups excluding carboxylic acids is 1. The second-order valence-corrected chi connectivity index (χ2v) is 7.85. The Labute approximate surface area is 180 Å². The van der Waals surface area contributed by atoms with Crippen molar-refractivity contribution in [2.45, 2.75) is 25.7 Å². The van der Waals surface area contributed by atoms with Gasteiger partial charge in [-0.15, -0.1) is 0 Å². The molecule has 2 amide bonds. The van der Waals surface area contributed by atoms with Gasteiger partial charge in [-0.25, -0.2) is 14.8 Å². The molecule has 3 heterocycles. The lowest BCUT2D eigenvalue weighted by atomic mass is 10.1. The van der Waals surface area contributed by atoms with Crippen LogP contribution >= 0.6 is 11.3 Å². The highest BCUT2D eigenvalue weighted by Crippen LogP contribution is 2.36. The van der Waals surface area contributed by atoms with Crippen molar-refractivity contribution in [2.75, 3.05) is 45.8 Å². The monoisotopic (exact) mass is 432 g/mol. The lowest BCUT2D eigenvalue weighted by Crippen LogP contribution is -2.38. The molecule has 162 valence electrons. The summed E-state index contributed by atoms with van der Waals surface area (Å²) >= 11 is 1.34. The lowest BCUT2D eigenvalue weighted by Gasteiger charge is -2.23. The first-order valence-corrected chi connectivity index (χ1v) is 10.8. The standard InChI is InChI=1S/C20H28N6O3S/c1-22-12-14(11-21)15-13-23-18(28-2)16-17(15)30-19(24-16)25-20(27)26-7-5-3-4-6-9-29-10-8-26/h11-13,21-22H,3-10H2,1-2H3,(H,24,25,27)/b14-12+,21-11?. The topological polar surface area (TPSA) is 112 Å². The molecule has 1 aliphatic heterocycles. The molecule has 1 fully saturated rings. The molecule has 3 rings (SSSR count). The van der Waals surface area contributed by atoms with E-state index in [9.17, 15) is 4.79 Å². The van der Waals surface area contributed by atoms with Crippen molar-refractivity contribution in [2.24, 2.45) is 0 Å². The SMILES string of the molecule is CN/C=C(\C=N)c1cnc(OC)c2nc(NC(=O)N3CCCCCCOCC3)sc12. The summed E-state index contributed by atoms with van der Waals surface area (Å²) < 4.78 is 11.7. The molecule has 30 heavy (non-hydrogen) atoms. The second-order valence-electron chi connectivity index (χ2n) is 6.85. The zero-order valence-electron chi connectivity index (χ0n) is 17.4. The van der Waals surface area contributed by atoms with Gasteiger partial charge in [0.1, 0.15) is 5.52 Å². The first kappa shape index (κ1) is 22.0. The Kier molecular flexibility index (Phi) is 7.97. The largest absolute Gasteiger partial charge is 0.479 e. The molecule has 0 radical (unpaired) electrons. The van der Waals surface area contributed by atoms with E-state index in [0.717, 1.165) is 42.6 Å². The maximum absolute atomic E-state index is 12.9. The van der Waals surface area contributed by atoms with Crippen molar-refractivity contribution in [3.63, 3.8) is 0 Å². The Hall–Kier alpha value is -2.72. The average Bonchev–Trinajstić information content (AvgIpc) is 3.18. The Morgan fingerprint density at radius 2 is 2.13 bits per heavy atom. The number of pyridine rings is 1. The predicted octanol–water partition coefficient (Wildman–Crippen LogP) is 3.33. The molecular formula is C20H28N6O3S. The van der Waals surface area contributed by atoms with Crippen LogP contribution in [0.4, 0.5) is 9.93 Å².